The van der Waals surface area contributed by atoms with E-state index in [1.807, 2.05) is 0 Å². The number of Topliss-reactive ketones (excluding diaryl/α,β-unsaturated/α-hetero) is 1. The molecule has 2 fully saturated rings. The van der Waals surface area contributed by atoms with Crippen LogP contribution < -0.4 is 20.7 Å². The summed E-state index contributed by atoms with van der Waals surface area (Å²) in [6, 6.07) is 5.06. The molecule has 0 heterocycles. The number of carbonyl (C=O) groups is 4. The Hall–Kier alpha value is -3.16. The Bertz CT molecular complexity index is 996. The lowest BCUT2D eigenvalue weighted by atomic mass is 9.92. The van der Waals surface area contributed by atoms with Crippen LogP contribution in [0.4, 0.5) is 0 Å². The highest BCUT2D eigenvalue weighted by Gasteiger charge is 2.35. The van der Waals surface area contributed by atoms with Crippen LogP contribution in [0.5, 0.6) is 5.75 Å². The highest BCUT2D eigenvalue weighted by Crippen LogP contribution is 2.33. The molecule has 3 amide bonds. The van der Waals surface area contributed by atoms with Gasteiger partial charge in [-0.3, -0.25) is 19.2 Å². The van der Waals surface area contributed by atoms with E-state index in [4.69, 9.17) is 4.74 Å². The van der Waals surface area contributed by atoms with Gasteiger partial charge in [0.2, 0.25) is 11.7 Å². The molecule has 3 N–H and O–H groups in total. The lowest BCUT2D eigenvalue weighted by molar-refractivity contribution is -0.140. The van der Waals surface area contributed by atoms with Gasteiger partial charge in [-0.2, -0.15) is 0 Å². The molecular formula is C27H35N3O5. The Balaban J connectivity index is 1.46. The molecule has 0 spiro atoms. The number of amides is 3. The summed E-state index contributed by atoms with van der Waals surface area (Å²) in [5.41, 5.74) is 1.48. The normalized spacial score (nSPS) is 19.1. The third kappa shape index (κ3) is 7.41. The van der Waals surface area contributed by atoms with Crippen molar-refractivity contribution < 1.29 is 23.9 Å². The SMILES string of the molecule is COc1cccc(C(=O)N[C@@H](CC2CC2)C(=O)NC(CC2=CCCCC2)C(=O)C(=O)NC2CC2)c1. The van der Waals surface area contributed by atoms with Crippen LogP contribution in [0.1, 0.15) is 74.6 Å². The number of methoxy groups -OCH3 is 1. The maximum atomic E-state index is 13.4. The summed E-state index contributed by atoms with van der Waals surface area (Å²) in [4.78, 5) is 51.8. The van der Waals surface area contributed by atoms with E-state index in [9.17, 15) is 19.2 Å². The Morgan fingerprint density at radius 1 is 1.03 bits per heavy atom. The lowest BCUT2D eigenvalue weighted by Gasteiger charge is -2.24. The summed E-state index contributed by atoms with van der Waals surface area (Å²) in [5, 5.41) is 8.40. The number of rotatable bonds is 12. The largest absolute Gasteiger partial charge is 0.497 e. The Kier molecular flexibility index (Phi) is 8.21. The molecule has 0 aromatic heterocycles. The summed E-state index contributed by atoms with van der Waals surface area (Å²) in [6.45, 7) is 0. The number of allylic oxidation sites excluding steroid dienone is 1. The molecule has 1 unspecified atom stereocenters. The third-order valence-electron chi connectivity index (χ3n) is 6.84. The fraction of sp³-hybridized carbons (Fsp3) is 0.556. The minimum absolute atomic E-state index is 0.0569. The van der Waals surface area contributed by atoms with Crippen LogP contribution >= 0.6 is 0 Å². The Morgan fingerprint density at radius 3 is 2.49 bits per heavy atom. The van der Waals surface area contributed by atoms with E-state index in [2.05, 4.69) is 22.0 Å². The minimum atomic E-state index is -0.943. The van der Waals surface area contributed by atoms with Gasteiger partial charge in [0.15, 0.2) is 0 Å². The van der Waals surface area contributed by atoms with E-state index >= 15 is 0 Å². The van der Waals surface area contributed by atoms with Crippen LogP contribution in [0.3, 0.4) is 0 Å². The Morgan fingerprint density at radius 2 is 1.83 bits per heavy atom. The van der Waals surface area contributed by atoms with Crippen molar-refractivity contribution in [1.29, 1.82) is 0 Å². The average Bonchev–Trinajstić information content (AvgIpc) is 3.80. The van der Waals surface area contributed by atoms with Crippen LogP contribution in [0, 0.1) is 5.92 Å². The molecule has 4 rings (SSSR count). The smallest absolute Gasteiger partial charge is 0.289 e. The highest BCUT2D eigenvalue weighted by atomic mass is 16.5. The summed E-state index contributed by atoms with van der Waals surface area (Å²) in [6.07, 6.45) is 10.7. The topological polar surface area (TPSA) is 114 Å². The van der Waals surface area contributed by atoms with Crippen molar-refractivity contribution in [3.8, 4) is 5.75 Å². The van der Waals surface area contributed by atoms with Gasteiger partial charge in [-0.15, -0.1) is 0 Å². The first-order valence-electron chi connectivity index (χ1n) is 12.7. The van der Waals surface area contributed by atoms with Crippen LogP contribution in [0.15, 0.2) is 35.9 Å². The predicted molar refractivity (Wildman–Crippen MR) is 131 cm³/mol. The van der Waals surface area contributed by atoms with Crippen molar-refractivity contribution >= 4 is 23.5 Å². The standard InChI is InChI=1S/C27H35N3O5/c1-35-21-9-5-8-19(16-21)25(32)30-23(15-18-10-11-18)26(33)29-22(14-17-6-3-2-4-7-17)24(31)27(34)28-20-12-13-20/h5-6,8-9,16,18,20,22-23H,2-4,7,10-15H2,1H3,(H,28,34)(H,29,33)(H,30,32)/t22?,23-/m0/s1. The number of carbonyl (C=O) groups excluding carboxylic acids is 4. The van der Waals surface area contributed by atoms with Gasteiger partial charge in [0.1, 0.15) is 17.8 Å². The number of hydrogen-bond acceptors (Lipinski definition) is 5. The zero-order valence-electron chi connectivity index (χ0n) is 20.3. The second-order valence-corrected chi connectivity index (χ2v) is 9.92. The summed E-state index contributed by atoms with van der Waals surface area (Å²) in [5.74, 6) is -1.16. The molecule has 0 bridgehead atoms. The molecule has 3 aliphatic carbocycles. The summed E-state index contributed by atoms with van der Waals surface area (Å²) < 4.78 is 5.20. The van der Waals surface area contributed by atoms with Crippen LogP contribution in [-0.2, 0) is 14.4 Å². The van der Waals surface area contributed by atoms with E-state index in [1.165, 1.54) is 7.11 Å². The van der Waals surface area contributed by atoms with Gasteiger partial charge in [-0.1, -0.05) is 30.6 Å². The van der Waals surface area contributed by atoms with Gasteiger partial charge >= 0.3 is 0 Å². The molecule has 2 atom stereocenters. The molecule has 0 aliphatic heterocycles. The van der Waals surface area contributed by atoms with Crippen molar-refractivity contribution in [2.75, 3.05) is 7.11 Å². The molecule has 0 saturated heterocycles. The fourth-order valence-corrected chi connectivity index (χ4v) is 4.40. The number of nitrogens with one attached hydrogen (secondary N) is 3. The number of ether oxygens (including phenoxy) is 1. The van der Waals surface area contributed by atoms with Gasteiger partial charge in [-0.25, -0.2) is 0 Å². The first-order valence-corrected chi connectivity index (χ1v) is 12.7. The minimum Gasteiger partial charge on any atom is -0.497 e. The highest BCUT2D eigenvalue weighted by molar-refractivity contribution is 6.38. The molecule has 2 saturated carbocycles. The quantitative estimate of drug-likeness (QED) is 0.314. The number of hydrogen-bond donors (Lipinski definition) is 3. The fourth-order valence-electron chi connectivity index (χ4n) is 4.40. The summed E-state index contributed by atoms with van der Waals surface area (Å²) >= 11 is 0. The van der Waals surface area contributed by atoms with Gasteiger partial charge in [0, 0.05) is 11.6 Å². The third-order valence-corrected chi connectivity index (χ3v) is 6.84. The molecule has 1 aromatic rings. The molecule has 0 radical (unpaired) electrons. The zero-order chi connectivity index (χ0) is 24.8. The average molecular weight is 482 g/mol. The van der Waals surface area contributed by atoms with Crippen molar-refractivity contribution in [3.63, 3.8) is 0 Å². The Labute approximate surface area is 206 Å². The molecule has 35 heavy (non-hydrogen) atoms. The zero-order valence-corrected chi connectivity index (χ0v) is 20.3. The molecule has 8 heteroatoms. The lowest BCUT2D eigenvalue weighted by Crippen LogP contribution is -2.54. The maximum absolute atomic E-state index is 13.4. The van der Waals surface area contributed by atoms with Gasteiger partial charge in [0.05, 0.1) is 7.11 Å². The summed E-state index contributed by atoms with van der Waals surface area (Å²) in [7, 11) is 1.53. The molecular weight excluding hydrogens is 446 g/mol. The van der Waals surface area contributed by atoms with E-state index in [0.29, 0.717) is 30.1 Å². The second-order valence-electron chi connectivity index (χ2n) is 9.92. The van der Waals surface area contributed by atoms with Crippen molar-refractivity contribution in [2.24, 2.45) is 5.92 Å². The van der Waals surface area contributed by atoms with Crippen LogP contribution in [0.25, 0.3) is 0 Å². The number of ketones is 1. The van der Waals surface area contributed by atoms with Crippen molar-refractivity contribution in [1.82, 2.24) is 16.0 Å². The van der Waals surface area contributed by atoms with Gasteiger partial charge < -0.3 is 20.7 Å². The molecule has 1 aromatic carbocycles. The monoisotopic (exact) mass is 481 g/mol. The first-order chi connectivity index (χ1) is 16.9. The number of benzene rings is 1. The molecule has 188 valence electrons. The van der Waals surface area contributed by atoms with E-state index in [0.717, 1.165) is 56.9 Å². The maximum Gasteiger partial charge on any atom is 0.289 e. The van der Waals surface area contributed by atoms with E-state index < -0.39 is 29.7 Å². The van der Waals surface area contributed by atoms with Crippen molar-refractivity contribution in [2.45, 2.75) is 82.3 Å². The van der Waals surface area contributed by atoms with Gasteiger partial charge in [0.25, 0.3) is 11.8 Å². The van der Waals surface area contributed by atoms with Crippen LogP contribution in [-0.4, -0.2) is 48.7 Å². The van der Waals surface area contributed by atoms with E-state index in [-0.39, 0.29) is 11.9 Å². The molecule has 8 nitrogen and oxygen atoms in total. The van der Waals surface area contributed by atoms with Crippen molar-refractivity contribution in [3.05, 3.63) is 41.5 Å². The first kappa shape index (κ1) is 24.9. The van der Waals surface area contributed by atoms with E-state index in [1.54, 1.807) is 24.3 Å². The van der Waals surface area contributed by atoms with Gasteiger partial charge in [-0.05, 0) is 75.5 Å². The second kappa shape index (κ2) is 11.5. The molecule has 3 aliphatic rings. The van der Waals surface area contributed by atoms with Crippen LogP contribution in [0.2, 0.25) is 0 Å². The predicted octanol–water partition coefficient (Wildman–Crippen LogP) is 2.82.